The van der Waals surface area contributed by atoms with Crippen LogP contribution in [0.5, 0.6) is 5.75 Å². The lowest BCUT2D eigenvalue weighted by atomic mass is 9.89. The van der Waals surface area contributed by atoms with Crippen LogP contribution in [0.2, 0.25) is 0 Å². The van der Waals surface area contributed by atoms with E-state index >= 15 is 0 Å². The smallest absolute Gasteiger partial charge is 0.119 e. The maximum absolute atomic E-state index is 10.8. The van der Waals surface area contributed by atoms with Gasteiger partial charge in [0.2, 0.25) is 0 Å². The van der Waals surface area contributed by atoms with Crippen LogP contribution in [0, 0.1) is 0 Å². The van der Waals surface area contributed by atoms with Gasteiger partial charge in [-0.15, -0.1) is 0 Å². The molecule has 1 atom stereocenters. The lowest BCUT2D eigenvalue weighted by Gasteiger charge is -2.43. The molecule has 0 aromatic heterocycles. The fourth-order valence-corrected chi connectivity index (χ4v) is 2.72. The van der Waals surface area contributed by atoms with Crippen molar-refractivity contribution in [1.82, 2.24) is 4.90 Å². The van der Waals surface area contributed by atoms with Gasteiger partial charge < -0.3 is 14.6 Å². The molecule has 0 radical (unpaired) electrons. The summed E-state index contributed by atoms with van der Waals surface area (Å²) >= 11 is 0. The Balaban J connectivity index is 2.08. The number of benzene rings is 1. The molecule has 0 saturated carbocycles. The van der Waals surface area contributed by atoms with Gasteiger partial charge in [-0.3, -0.25) is 4.90 Å². The standard InChI is InChI=1S/C17H27NO3/c1-13(2)21-15-7-5-14(6-8-15)16(19)17(3,4)18-9-11-20-12-10-18/h5-8,13,16,19H,9-12H2,1-4H3. The predicted molar refractivity (Wildman–Crippen MR) is 83.6 cm³/mol. The van der Waals surface area contributed by atoms with E-state index < -0.39 is 6.10 Å². The van der Waals surface area contributed by atoms with Crippen molar-refractivity contribution in [3.63, 3.8) is 0 Å². The van der Waals surface area contributed by atoms with Crippen LogP contribution in [-0.4, -0.2) is 48.0 Å². The summed E-state index contributed by atoms with van der Waals surface area (Å²) in [5, 5.41) is 10.8. The van der Waals surface area contributed by atoms with E-state index in [0.29, 0.717) is 0 Å². The molecule has 118 valence electrons. The molecule has 0 spiro atoms. The zero-order valence-electron chi connectivity index (χ0n) is 13.5. The first-order chi connectivity index (χ1) is 9.91. The number of morpholine rings is 1. The molecule has 1 aromatic carbocycles. The van der Waals surface area contributed by atoms with E-state index in [2.05, 4.69) is 18.7 Å². The second kappa shape index (κ2) is 6.77. The van der Waals surface area contributed by atoms with Gasteiger partial charge in [0.15, 0.2) is 0 Å². The molecule has 1 heterocycles. The highest BCUT2D eigenvalue weighted by molar-refractivity contribution is 5.30. The topological polar surface area (TPSA) is 41.9 Å². The summed E-state index contributed by atoms with van der Waals surface area (Å²) in [5.41, 5.74) is 0.604. The van der Waals surface area contributed by atoms with Crippen molar-refractivity contribution in [3.05, 3.63) is 29.8 Å². The van der Waals surface area contributed by atoms with Crippen molar-refractivity contribution in [1.29, 1.82) is 0 Å². The van der Waals surface area contributed by atoms with Crippen molar-refractivity contribution in [2.24, 2.45) is 0 Å². The average Bonchev–Trinajstić information content (AvgIpc) is 2.47. The summed E-state index contributed by atoms with van der Waals surface area (Å²) in [5.74, 6) is 0.838. The van der Waals surface area contributed by atoms with Crippen LogP contribution >= 0.6 is 0 Å². The first-order valence-electron chi connectivity index (χ1n) is 7.68. The second-order valence-electron chi connectivity index (χ2n) is 6.39. The Kier molecular flexibility index (Phi) is 5.25. The summed E-state index contributed by atoms with van der Waals surface area (Å²) < 4.78 is 11.0. The molecule has 1 fully saturated rings. The van der Waals surface area contributed by atoms with E-state index in [1.54, 1.807) is 0 Å². The molecule has 1 saturated heterocycles. The molecule has 1 aliphatic heterocycles. The van der Waals surface area contributed by atoms with Crippen molar-refractivity contribution in [2.75, 3.05) is 26.3 Å². The third kappa shape index (κ3) is 3.96. The number of hydrogen-bond donors (Lipinski definition) is 1. The zero-order chi connectivity index (χ0) is 15.5. The highest BCUT2D eigenvalue weighted by Gasteiger charge is 2.36. The Hall–Kier alpha value is -1.10. The van der Waals surface area contributed by atoms with Crippen LogP contribution in [0.4, 0.5) is 0 Å². The van der Waals surface area contributed by atoms with E-state index in [0.717, 1.165) is 37.6 Å². The van der Waals surface area contributed by atoms with Crippen LogP contribution in [0.3, 0.4) is 0 Å². The minimum atomic E-state index is -0.538. The summed E-state index contributed by atoms with van der Waals surface area (Å²) in [6.07, 6.45) is -0.380. The first-order valence-corrected chi connectivity index (χ1v) is 7.68. The summed E-state index contributed by atoms with van der Waals surface area (Å²) in [6.45, 7) is 11.4. The summed E-state index contributed by atoms with van der Waals surface area (Å²) in [7, 11) is 0. The van der Waals surface area contributed by atoms with Crippen molar-refractivity contribution in [3.8, 4) is 5.75 Å². The molecule has 2 rings (SSSR count). The van der Waals surface area contributed by atoms with Crippen molar-refractivity contribution in [2.45, 2.75) is 45.4 Å². The average molecular weight is 293 g/mol. The lowest BCUT2D eigenvalue weighted by Crippen LogP contribution is -2.53. The molecular formula is C17H27NO3. The zero-order valence-corrected chi connectivity index (χ0v) is 13.5. The van der Waals surface area contributed by atoms with Gasteiger partial charge in [-0.25, -0.2) is 0 Å². The normalized spacial score (nSPS) is 18.8. The Morgan fingerprint density at radius 1 is 1.14 bits per heavy atom. The molecule has 1 aliphatic rings. The van der Waals surface area contributed by atoms with Gasteiger partial charge in [-0.1, -0.05) is 12.1 Å². The molecule has 1 aromatic rings. The van der Waals surface area contributed by atoms with Gasteiger partial charge in [-0.2, -0.15) is 0 Å². The van der Waals surface area contributed by atoms with Crippen molar-refractivity contribution < 1.29 is 14.6 Å². The van der Waals surface area contributed by atoms with Gasteiger partial charge >= 0.3 is 0 Å². The molecule has 0 aliphatic carbocycles. The third-order valence-corrected chi connectivity index (χ3v) is 4.06. The molecule has 4 heteroatoms. The number of rotatable bonds is 5. The summed E-state index contributed by atoms with van der Waals surface area (Å²) in [6, 6.07) is 7.75. The minimum absolute atomic E-state index is 0.158. The molecule has 4 nitrogen and oxygen atoms in total. The van der Waals surface area contributed by atoms with Crippen LogP contribution in [-0.2, 0) is 4.74 Å². The fourth-order valence-electron chi connectivity index (χ4n) is 2.72. The SMILES string of the molecule is CC(C)Oc1ccc(C(O)C(C)(C)N2CCOCC2)cc1. The molecule has 1 N–H and O–H groups in total. The molecule has 0 amide bonds. The van der Waals surface area contributed by atoms with Gasteiger partial charge in [0.25, 0.3) is 0 Å². The van der Waals surface area contributed by atoms with Crippen LogP contribution in [0.1, 0.15) is 39.4 Å². The Labute approximate surface area is 127 Å². The fraction of sp³-hybridized carbons (Fsp3) is 0.647. The third-order valence-electron chi connectivity index (χ3n) is 4.06. The number of hydrogen-bond acceptors (Lipinski definition) is 4. The van der Waals surface area contributed by atoms with Gasteiger partial charge in [0.05, 0.1) is 25.4 Å². The highest BCUT2D eigenvalue weighted by atomic mass is 16.5. The highest BCUT2D eigenvalue weighted by Crippen LogP contribution is 2.32. The van der Waals surface area contributed by atoms with E-state index in [1.165, 1.54) is 0 Å². The van der Waals surface area contributed by atoms with E-state index in [-0.39, 0.29) is 11.6 Å². The first kappa shape index (κ1) is 16.3. The quantitative estimate of drug-likeness (QED) is 0.906. The number of nitrogens with zero attached hydrogens (tertiary/aromatic N) is 1. The number of aliphatic hydroxyl groups is 1. The Morgan fingerprint density at radius 3 is 2.24 bits per heavy atom. The number of ether oxygens (including phenoxy) is 2. The van der Waals surface area contributed by atoms with Gasteiger partial charge in [0.1, 0.15) is 5.75 Å². The Morgan fingerprint density at radius 2 is 1.71 bits per heavy atom. The van der Waals surface area contributed by atoms with Crippen molar-refractivity contribution >= 4 is 0 Å². The Bertz CT molecular complexity index is 436. The predicted octanol–water partition coefficient (Wildman–Crippen LogP) is 2.62. The van der Waals surface area contributed by atoms with E-state index in [9.17, 15) is 5.11 Å². The molecule has 1 unspecified atom stereocenters. The largest absolute Gasteiger partial charge is 0.491 e. The van der Waals surface area contributed by atoms with Crippen LogP contribution in [0.25, 0.3) is 0 Å². The van der Waals surface area contributed by atoms with Crippen LogP contribution in [0.15, 0.2) is 24.3 Å². The number of aliphatic hydroxyl groups excluding tert-OH is 1. The molecule has 21 heavy (non-hydrogen) atoms. The monoisotopic (exact) mass is 293 g/mol. The van der Waals surface area contributed by atoms with Crippen LogP contribution < -0.4 is 4.74 Å². The maximum atomic E-state index is 10.8. The molecular weight excluding hydrogens is 266 g/mol. The van der Waals surface area contributed by atoms with E-state index in [1.807, 2.05) is 38.1 Å². The van der Waals surface area contributed by atoms with Gasteiger partial charge in [0, 0.05) is 18.6 Å². The minimum Gasteiger partial charge on any atom is -0.491 e. The van der Waals surface area contributed by atoms with E-state index in [4.69, 9.17) is 9.47 Å². The second-order valence-corrected chi connectivity index (χ2v) is 6.39. The maximum Gasteiger partial charge on any atom is 0.119 e. The summed E-state index contributed by atoms with van der Waals surface area (Å²) in [4.78, 5) is 2.29. The lowest BCUT2D eigenvalue weighted by molar-refractivity contribution is -0.0630. The molecule has 0 bridgehead atoms. The van der Waals surface area contributed by atoms with Gasteiger partial charge in [-0.05, 0) is 45.4 Å².